The van der Waals surface area contributed by atoms with Crippen molar-refractivity contribution < 1.29 is 14.7 Å². The molecule has 2 rings (SSSR count). The predicted octanol–water partition coefficient (Wildman–Crippen LogP) is 2.12. The summed E-state index contributed by atoms with van der Waals surface area (Å²) in [7, 11) is 0. The first kappa shape index (κ1) is 14.5. The Morgan fingerprint density at radius 1 is 1.37 bits per heavy atom. The van der Waals surface area contributed by atoms with Crippen molar-refractivity contribution in [2.75, 3.05) is 11.6 Å². The van der Waals surface area contributed by atoms with Gasteiger partial charge in [0.25, 0.3) is 0 Å². The van der Waals surface area contributed by atoms with Crippen molar-refractivity contribution in [3.05, 3.63) is 0 Å². The summed E-state index contributed by atoms with van der Waals surface area (Å²) < 4.78 is 0. The number of hydrogen-bond acceptors (Lipinski definition) is 3. The minimum atomic E-state index is -0.914. The molecule has 1 heterocycles. The van der Waals surface area contributed by atoms with Crippen molar-refractivity contribution in [1.82, 2.24) is 10.2 Å². The number of carboxylic acid groups (broad SMARTS) is 1. The Kier molecular flexibility index (Phi) is 4.28. The third kappa shape index (κ3) is 3.16. The second-order valence-electron chi connectivity index (χ2n) is 6.06. The smallest absolute Gasteiger partial charge is 0.327 e. The SMILES string of the molecule is CC1(C)CCCCC1NC(=O)N1CSC[C@H]1C(=O)O. The summed E-state index contributed by atoms with van der Waals surface area (Å²) in [5.41, 5.74) is 0.0967. The lowest BCUT2D eigenvalue weighted by Crippen LogP contribution is -2.54. The average molecular weight is 286 g/mol. The highest BCUT2D eigenvalue weighted by atomic mass is 32.2. The standard InChI is InChI=1S/C13H22N2O3S/c1-13(2)6-4-3-5-10(13)14-12(18)15-8-19-7-9(15)11(16)17/h9-10H,3-8H2,1-2H3,(H,14,18)(H,16,17)/t9-,10?/m0/s1. The van der Waals surface area contributed by atoms with Gasteiger partial charge in [0.1, 0.15) is 6.04 Å². The van der Waals surface area contributed by atoms with Gasteiger partial charge in [0.05, 0.1) is 5.88 Å². The van der Waals surface area contributed by atoms with Crippen molar-refractivity contribution in [3.8, 4) is 0 Å². The molecule has 1 saturated heterocycles. The van der Waals surface area contributed by atoms with E-state index in [0.717, 1.165) is 19.3 Å². The first-order valence-corrected chi connectivity index (χ1v) is 7.95. The van der Waals surface area contributed by atoms with Gasteiger partial charge in [-0.2, -0.15) is 0 Å². The quantitative estimate of drug-likeness (QED) is 0.816. The molecule has 19 heavy (non-hydrogen) atoms. The summed E-state index contributed by atoms with van der Waals surface area (Å²) in [6, 6.07) is -0.761. The molecule has 2 atom stereocenters. The Labute approximate surface area is 118 Å². The molecule has 0 radical (unpaired) electrons. The third-order valence-corrected chi connectivity index (χ3v) is 5.25. The Bertz CT molecular complexity index is 373. The van der Waals surface area contributed by atoms with Gasteiger partial charge in [-0.05, 0) is 18.3 Å². The number of urea groups is 1. The zero-order valence-corrected chi connectivity index (χ0v) is 12.3. The number of hydrogen-bond donors (Lipinski definition) is 2. The molecule has 1 saturated carbocycles. The maximum atomic E-state index is 12.3. The monoisotopic (exact) mass is 286 g/mol. The number of carbonyl (C=O) groups is 2. The fraction of sp³-hybridized carbons (Fsp3) is 0.846. The lowest BCUT2D eigenvalue weighted by molar-refractivity contribution is -0.140. The van der Waals surface area contributed by atoms with E-state index in [-0.39, 0.29) is 17.5 Å². The van der Waals surface area contributed by atoms with Crippen molar-refractivity contribution in [1.29, 1.82) is 0 Å². The number of carbonyl (C=O) groups excluding carboxylic acids is 1. The van der Waals surface area contributed by atoms with E-state index in [1.165, 1.54) is 23.1 Å². The molecule has 0 aromatic carbocycles. The van der Waals surface area contributed by atoms with Crippen LogP contribution in [-0.2, 0) is 4.79 Å². The van der Waals surface area contributed by atoms with Crippen molar-refractivity contribution in [3.63, 3.8) is 0 Å². The number of rotatable bonds is 2. The van der Waals surface area contributed by atoms with E-state index < -0.39 is 12.0 Å². The van der Waals surface area contributed by atoms with E-state index in [1.807, 2.05) is 0 Å². The van der Waals surface area contributed by atoms with Gasteiger partial charge in [0, 0.05) is 11.8 Å². The molecule has 2 N–H and O–H groups in total. The van der Waals surface area contributed by atoms with Crippen LogP contribution >= 0.6 is 11.8 Å². The Morgan fingerprint density at radius 3 is 2.74 bits per heavy atom. The van der Waals surface area contributed by atoms with E-state index in [2.05, 4.69) is 19.2 Å². The molecule has 0 aromatic rings. The van der Waals surface area contributed by atoms with E-state index >= 15 is 0 Å². The summed E-state index contributed by atoms with van der Waals surface area (Å²) in [6.45, 7) is 4.34. The van der Waals surface area contributed by atoms with Crippen LogP contribution in [0.1, 0.15) is 39.5 Å². The second-order valence-corrected chi connectivity index (χ2v) is 7.06. The highest BCUT2D eigenvalue weighted by Gasteiger charge is 2.38. The molecule has 2 amide bonds. The summed E-state index contributed by atoms with van der Waals surface area (Å²) >= 11 is 1.49. The summed E-state index contributed by atoms with van der Waals surface area (Å²) in [5.74, 6) is 0.0373. The molecule has 108 valence electrons. The summed E-state index contributed by atoms with van der Waals surface area (Å²) in [4.78, 5) is 24.8. The van der Waals surface area contributed by atoms with Crippen molar-refractivity contribution >= 4 is 23.8 Å². The van der Waals surface area contributed by atoms with Gasteiger partial charge in [-0.3, -0.25) is 0 Å². The molecule has 0 aromatic heterocycles. The average Bonchev–Trinajstić information content (AvgIpc) is 2.80. The van der Waals surface area contributed by atoms with E-state index in [4.69, 9.17) is 5.11 Å². The molecule has 6 heteroatoms. The summed E-state index contributed by atoms with van der Waals surface area (Å²) in [6.07, 6.45) is 4.43. The van der Waals surface area contributed by atoms with E-state index in [1.54, 1.807) is 0 Å². The van der Waals surface area contributed by atoms with Crippen LogP contribution in [0, 0.1) is 5.41 Å². The van der Waals surface area contributed by atoms with Crippen molar-refractivity contribution in [2.45, 2.75) is 51.6 Å². The van der Waals surface area contributed by atoms with Gasteiger partial charge in [-0.1, -0.05) is 26.7 Å². The molecule has 1 aliphatic heterocycles. The first-order valence-electron chi connectivity index (χ1n) is 6.79. The van der Waals surface area contributed by atoms with Gasteiger partial charge in [0.15, 0.2) is 0 Å². The molecule has 2 fully saturated rings. The number of carboxylic acids is 1. The Hall–Kier alpha value is -0.910. The Morgan fingerprint density at radius 2 is 2.11 bits per heavy atom. The Balaban J connectivity index is 1.98. The van der Waals surface area contributed by atoms with Crippen LogP contribution in [0.3, 0.4) is 0 Å². The minimum Gasteiger partial charge on any atom is -0.480 e. The highest BCUT2D eigenvalue weighted by Crippen LogP contribution is 2.35. The fourth-order valence-corrected chi connectivity index (χ4v) is 3.99. The van der Waals surface area contributed by atoms with Crippen LogP contribution in [0.5, 0.6) is 0 Å². The number of aliphatic carboxylic acids is 1. The molecular weight excluding hydrogens is 264 g/mol. The number of thioether (sulfide) groups is 1. The molecule has 2 aliphatic rings. The molecule has 0 spiro atoms. The van der Waals surface area contributed by atoms with Crippen LogP contribution < -0.4 is 5.32 Å². The normalized spacial score (nSPS) is 30.1. The molecule has 1 aliphatic carbocycles. The van der Waals surface area contributed by atoms with Gasteiger partial charge in [0.2, 0.25) is 0 Å². The van der Waals surface area contributed by atoms with Gasteiger partial charge < -0.3 is 15.3 Å². The fourth-order valence-electron chi connectivity index (χ4n) is 2.84. The largest absolute Gasteiger partial charge is 0.480 e. The molecule has 5 nitrogen and oxygen atoms in total. The van der Waals surface area contributed by atoms with Crippen LogP contribution in [0.15, 0.2) is 0 Å². The zero-order chi connectivity index (χ0) is 14.0. The molecule has 0 bridgehead atoms. The van der Waals surface area contributed by atoms with Crippen LogP contribution in [0.25, 0.3) is 0 Å². The second kappa shape index (κ2) is 5.61. The van der Waals surface area contributed by atoms with Crippen molar-refractivity contribution in [2.24, 2.45) is 5.41 Å². The van der Waals surface area contributed by atoms with Crippen LogP contribution in [-0.4, -0.2) is 45.7 Å². The summed E-state index contributed by atoms with van der Waals surface area (Å²) in [5, 5.41) is 12.2. The maximum Gasteiger partial charge on any atom is 0.327 e. The number of amides is 2. The lowest BCUT2D eigenvalue weighted by Gasteiger charge is -2.40. The van der Waals surface area contributed by atoms with E-state index in [0.29, 0.717) is 11.6 Å². The minimum absolute atomic E-state index is 0.0967. The van der Waals surface area contributed by atoms with Gasteiger partial charge in [-0.15, -0.1) is 11.8 Å². The lowest BCUT2D eigenvalue weighted by atomic mass is 9.73. The maximum absolute atomic E-state index is 12.3. The van der Waals surface area contributed by atoms with Gasteiger partial charge >= 0.3 is 12.0 Å². The third-order valence-electron chi connectivity index (χ3n) is 4.23. The predicted molar refractivity (Wildman–Crippen MR) is 75.2 cm³/mol. The number of nitrogens with one attached hydrogen (secondary N) is 1. The molecule has 1 unspecified atom stereocenters. The highest BCUT2D eigenvalue weighted by molar-refractivity contribution is 7.99. The van der Waals surface area contributed by atoms with Crippen LogP contribution in [0.2, 0.25) is 0 Å². The first-order chi connectivity index (χ1) is 8.92. The van der Waals surface area contributed by atoms with Crippen LogP contribution in [0.4, 0.5) is 4.79 Å². The topological polar surface area (TPSA) is 69.6 Å². The molecular formula is C13H22N2O3S. The number of nitrogens with zero attached hydrogens (tertiary/aromatic N) is 1. The van der Waals surface area contributed by atoms with Gasteiger partial charge in [-0.25, -0.2) is 9.59 Å². The van der Waals surface area contributed by atoms with E-state index in [9.17, 15) is 9.59 Å². The zero-order valence-electron chi connectivity index (χ0n) is 11.5.